The molecular formula is C16H26N2O3. The summed E-state index contributed by atoms with van der Waals surface area (Å²) >= 11 is 0. The van der Waals surface area contributed by atoms with Crippen molar-refractivity contribution in [1.82, 2.24) is 5.32 Å². The number of hydrogen-bond acceptors (Lipinski definition) is 4. The largest absolute Gasteiger partial charge is 0.487 e. The van der Waals surface area contributed by atoms with E-state index in [0.717, 1.165) is 18.4 Å². The predicted molar refractivity (Wildman–Crippen MR) is 84.6 cm³/mol. The highest BCUT2D eigenvalue weighted by Crippen LogP contribution is 2.28. The van der Waals surface area contributed by atoms with Gasteiger partial charge in [0.2, 0.25) is 0 Å². The van der Waals surface area contributed by atoms with Gasteiger partial charge in [0.05, 0.1) is 11.5 Å². The summed E-state index contributed by atoms with van der Waals surface area (Å²) in [5.74, 6) is 0.798. The maximum atomic E-state index is 11.2. The lowest BCUT2D eigenvalue weighted by Gasteiger charge is -2.14. The molecule has 5 heteroatoms. The first-order chi connectivity index (χ1) is 9.97. The molecule has 0 aliphatic rings. The standard InChI is InChI=1S/C16H26N2O3/c1-5-13(6-2)11-21-16-8-7-14(10-17-12(3)4)9-15(16)18(19)20/h7-9,12-13,17H,5-6,10-11H2,1-4H3. The van der Waals surface area contributed by atoms with Crippen LogP contribution in [-0.4, -0.2) is 17.6 Å². The molecule has 118 valence electrons. The summed E-state index contributed by atoms with van der Waals surface area (Å²) < 4.78 is 5.66. The maximum Gasteiger partial charge on any atom is 0.311 e. The van der Waals surface area contributed by atoms with E-state index in [-0.39, 0.29) is 10.6 Å². The molecule has 0 saturated heterocycles. The molecule has 1 aromatic carbocycles. The van der Waals surface area contributed by atoms with E-state index in [1.54, 1.807) is 12.1 Å². The van der Waals surface area contributed by atoms with E-state index in [2.05, 4.69) is 19.2 Å². The lowest BCUT2D eigenvalue weighted by molar-refractivity contribution is -0.386. The van der Waals surface area contributed by atoms with Crippen LogP contribution >= 0.6 is 0 Å². The quantitative estimate of drug-likeness (QED) is 0.554. The Morgan fingerprint density at radius 3 is 2.48 bits per heavy atom. The molecular weight excluding hydrogens is 268 g/mol. The Morgan fingerprint density at radius 2 is 1.95 bits per heavy atom. The molecule has 1 N–H and O–H groups in total. The first-order valence-electron chi connectivity index (χ1n) is 7.61. The number of rotatable bonds is 9. The lowest BCUT2D eigenvalue weighted by atomic mass is 10.1. The van der Waals surface area contributed by atoms with Crippen molar-refractivity contribution in [1.29, 1.82) is 0 Å². The Kier molecular flexibility index (Phi) is 7.15. The van der Waals surface area contributed by atoms with Crippen LogP contribution in [0.4, 0.5) is 5.69 Å². The Morgan fingerprint density at radius 1 is 1.29 bits per heavy atom. The van der Waals surface area contributed by atoms with Crippen LogP contribution in [0.2, 0.25) is 0 Å². The Bertz CT molecular complexity index is 457. The molecule has 0 aliphatic carbocycles. The van der Waals surface area contributed by atoms with Crippen LogP contribution in [0, 0.1) is 16.0 Å². The number of nitrogens with zero attached hydrogens (tertiary/aromatic N) is 1. The molecule has 21 heavy (non-hydrogen) atoms. The first-order valence-corrected chi connectivity index (χ1v) is 7.61. The van der Waals surface area contributed by atoms with Crippen molar-refractivity contribution in [3.63, 3.8) is 0 Å². The highest BCUT2D eigenvalue weighted by atomic mass is 16.6. The highest BCUT2D eigenvalue weighted by Gasteiger charge is 2.17. The van der Waals surface area contributed by atoms with Crippen LogP contribution in [0.3, 0.4) is 0 Å². The fourth-order valence-corrected chi connectivity index (χ4v) is 1.99. The number of nitro benzene ring substituents is 1. The third kappa shape index (κ3) is 5.71. The van der Waals surface area contributed by atoms with E-state index in [9.17, 15) is 10.1 Å². The molecule has 0 unspecified atom stereocenters. The molecule has 1 rings (SSSR count). The molecule has 0 spiro atoms. The SMILES string of the molecule is CCC(CC)COc1ccc(CNC(C)C)cc1[N+](=O)[O-]. The first kappa shape index (κ1) is 17.4. The zero-order valence-corrected chi connectivity index (χ0v) is 13.4. The maximum absolute atomic E-state index is 11.2. The summed E-state index contributed by atoms with van der Waals surface area (Å²) in [6.07, 6.45) is 2.03. The Balaban J connectivity index is 2.81. The average Bonchev–Trinajstić information content (AvgIpc) is 2.46. The second-order valence-corrected chi connectivity index (χ2v) is 5.59. The minimum absolute atomic E-state index is 0.0454. The molecule has 0 aliphatic heterocycles. The van der Waals surface area contributed by atoms with Crippen LogP contribution in [0.5, 0.6) is 5.75 Å². The fraction of sp³-hybridized carbons (Fsp3) is 0.625. The van der Waals surface area contributed by atoms with E-state index in [0.29, 0.717) is 30.9 Å². The zero-order chi connectivity index (χ0) is 15.8. The van der Waals surface area contributed by atoms with Gasteiger partial charge in [-0.05, 0) is 17.5 Å². The van der Waals surface area contributed by atoms with E-state index >= 15 is 0 Å². The van der Waals surface area contributed by atoms with E-state index in [4.69, 9.17) is 4.74 Å². The van der Waals surface area contributed by atoms with E-state index in [1.807, 2.05) is 19.9 Å². The van der Waals surface area contributed by atoms with Crippen molar-refractivity contribution in [2.24, 2.45) is 5.92 Å². The van der Waals surface area contributed by atoms with Crippen LogP contribution in [0.1, 0.15) is 46.1 Å². The van der Waals surface area contributed by atoms with Crippen molar-refractivity contribution >= 4 is 5.69 Å². The third-order valence-electron chi connectivity index (χ3n) is 3.56. The highest BCUT2D eigenvalue weighted by molar-refractivity contribution is 5.48. The van der Waals surface area contributed by atoms with Crippen molar-refractivity contribution < 1.29 is 9.66 Å². The summed E-state index contributed by atoms with van der Waals surface area (Å²) in [6.45, 7) is 9.44. The summed E-state index contributed by atoms with van der Waals surface area (Å²) in [4.78, 5) is 10.8. The van der Waals surface area contributed by atoms with Gasteiger partial charge in [0.1, 0.15) is 0 Å². The molecule has 0 radical (unpaired) electrons. The Hall–Kier alpha value is -1.62. The summed E-state index contributed by atoms with van der Waals surface area (Å²) in [5, 5.41) is 14.5. The fourth-order valence-electron chi connectivity index (χ4n) is 1.99. The minimum Gasteiger partial charge on any atom is -0.487 e. The van der Waals surface area contributed by atoms with Gasteiger partial charge in [-0.1, -0.05) is 46.6 Å². The van der Waals surface area contributed by atoms with Crippen LogP contribution in [0.15, 0.2) is 18.2 Å². The molecule has 1 aromatic rings. The Labute approximate surface area is 126 Å². The van der Waals surface area contributed by atoms with E-state index in [1.165, 1.54) is 0 Å². The molecule has 0 fully saturated rings. The second-order valence-electron chi connectivity index (χ2n) is 5.59. The van der Waals surface area contributed by atoms with Gasteiger partial charge in [0, 0.05) is 18.7 Å². The summed E-state index contributed by atoms with van der Waals surface area (Å²) in [6, 6.07) is 5.52. The van der Waals surface area contributed by atoms with Crippen molar-refractivity contribution in [3.8, 4) is 5.75 Å². The second kappa shape index (κ2) is 8.62. The van der Waals surface area contributed by atoms with Gasteiger partial charge in [-0.15, -0.1) is 0 Å². The topological polar surface area (TPSA) is 64.4 Å². The van der Waals surface area contributed by atoms with Gasteiger partial charge in [-0.3, -0.25) is 10.1 Å². The smallest absolute Gasteiger partial charge is 0.311 e. The number of hydrogen-bond donors (Lipinski definition) is 1. The van der Waals surface area contributed by atoms with Gasteiger partial charge in [0.25, 0.3) is 0 Å². The van der Waals surface area contributed by atoms with Gasteiger partial charge in [-0.2, -0.15) is 0 Å². The van der Waals surface area contributed by atoms with Crippen molar-refractivity contribution in [2.45, 2.75) is 53.1 Å². The third-order valence-corrected chi connectivity index (χ3v) is 3.56. The van der Waals surface area contributed by atoms with Gasteiger partial charge < -0.3 is 10.1 Å². The average molecular weight is 294 g/mol. The molecule has 0 saturated carbocycles. The monoisotopic (exact) mass is 294 g/mol. The molecule has 0 heterocycles. The van der Waals surface area contributed by atoms with Gasteiger partial charge >= 0.3 is 5.69 Å². The molecule has 0 aromatic heterocycles. The summed E-state index contributed by atoms with van der Waals surface area (Å²) in [7, 11) is 0. The molecule has 0 amide bonds. The normalized spacial score (nSPS) is 11.1. The van der Waals surface area contributed by atoms with Crippen molar-refractivity contribution in [2.75, 3.05) is 6.61 Å². The van der Waals surface area contributed by atoms with Gasteiger partial charge in [-0.25, -0.2) is 0 Å². The summed E-state index contributed by atoms with van der Waals surface area (Å²) in [5.41, 5.74) is 0.939. The number of ether oxygens (including phenoxy) is 1. The lowest BCUT2D eigenvalue weighted by Crippen LogP contribution is -2.21. The minimum atomic E-state index is -0.374. The van der Waals surface area contributed by atoms with E-state index < -0.39 is 0 Å². The predicted octanol–water partition coefficient (Wildman–Crippen LogP) is 3.91. The van der Waals surface area contributed by atoms with Crippen LogP contribution < -0.4 is 10.1 Å². The number of benzene rings is 1. The van der Waals surface area contributed by atoms with Crippen LogP contribution in [0.25, 0.3) is 0 Å². The number of nitrogens with one attached hydrogen (secondary N) is 1. The molecule has 0 atom stereocenters. The van der Waals surface area contributed by atoms with Gasteiger partial charge in [0.15, 0.2) is 5.75 Å². The van der Waals surface area contributed by atoms with Crippen molar-refractivity contribution in [3.05, 3.63) is 33.9 Å². The number of nitro groups is 1. The zero-order valence-electron chi connectivity index (χ0n) is 13.4. The molecule has 5 nitrogen and oxygen atoms in total. The molecule has 0 bridgehead atoms. The van der Waals surface area contributed by atoms with Crippen LogP contribution in [-0.2, 0) is 6.54 Å².